The number of aromatic nitrogens is 1. The van der Waals surface area contributed by atoms with Crippen molar-refractivity contribution in [3.8, 4) is 11.5 Å². The Kier molecular flexibility index (Phi) is 10.3. The number of β-lactam (4-membered cyclic amide) rings is 1. The lowest BCUT2D eigenvalue weighted by atomic mass is 9.84. The molecule has 3 amide bonds. The second-order valence-electron chi connectivity index (χ2n) is 14.2. The minimum atomic E-state index is -1.77. The summed E-state index contributed by atoms with van der Waals surface area (Å²) in [4.78, 5) is 74.9. The van der Waals surface area contributed by atoms with Gasteiger partial charge < -0.3 is 45.6 Å². The molecule has 4 aliphatic heterocycles. The molecule has 2 aromatic rings. The number of carbonyl (C=O) groups excluding carboxylic acids is 3. The topological polar surface area (TPSA) is 261 Å². The van der Waals surface area contributed by atoms with Gasteiger partial charge in [0.25, 0.3) is 17.7 Å². The van der Waals surface area contributed by atoms with E-state index in [9.17, 15) is 49.6 Å². The lowest BCUT2D eigenvalue weighted by Crippen LogP contribution is -2.71. The molecule has 1 aromatic heterocycles. The zero-order valence-electron chi connectivity index (χ0n) is 29.2. The number of amides is 3. The number of phenols is 2. The molecule has 0 saturated carbocycles. The highest BCUT2D eigenvalue weighted by atomic mass is 35.5. The number of hydrogen-bond donors (Lipinski definition) is 7. The Bertz CT molecular complexity index is 2040. The van der Waals surface area contributed by atoms with Crippen molar-refractivity contribution in [1.82, 2.24) is 20.5 Å². The summed E-state index contributed by atoms with van der Waals surface area (Å²) >= 11 is 8.62. The van der Waals surface area contributed by atoms with E-state index in [4.69, 9.17) is 16.4 Å². The predicted molar refractivity (Wildman–Crippen MR) is 193 cm³/mol. The van der Waals surface area contributed by atoms with Gasteiger partial charge in [-0.3, -0.25) is 19.3 Å². The van der Waals surface area contributed by atoms with Gasteiger partial charge in [0, 0.05) is 47.1 Å². The molecule has 0 aliphatic carbocycles. The van der Waals surface area contributed by atoms with Gasteiger partial charge in [-0.25, -0.2) is 14.6 Å². The van der Waals surface area contributed by atoms with Crippen LogP contribution in [0.3, 0.4) is 0 Å². The number of aryl methyl sites for hydroxylation is 1. The number of carbonyl (C=O) groups is 5. The molecule has 2 bridgehead atoms. The van der Waals surface area contributed by atoms with Crippen LogP contribution >= 0.6 is 34.7 Å². The van der Waals surface area contributed by atoms with Crippen LogP contribution in [0.5, 0.6) is 11.5 Å². The number of aromatic hydroxyl groups is 2. The highest BCUT2D eigenvalue weighted by Gasteiger charge is 2.58. The molecule has 7 N–H and O–H groups in total. The van der Waals surface area contributed by atoms with Crippen LogP contribution in [-0.2, 0) is 28.8 Å². The third-order valence-electron chi connectivity index (χ3n) is 10.2. The average Bonchev–Trinajstić information content (AvgIpc) is 3.83. The van der Waals surface area contributed by atoms with Crippen LogP contribution in [0.25, 0.3) is 0 Å². The van der Waals surface area contributed by atoms with E-state index in [-0.39, 0.29) is 45.4 Å². The van der Waals surface area contributed by atoms with Crippen LogP contribution in [0, 0.1) is 12.3 Å². The van der Waals surface area contributed by atoms with Crippen LogP contribution < -0.4 is 10.6 Å². The Hall–Kier alpha value is -4.92. The van der Waals surface area contributed by atoms with E-state index < -0.39 is 63.9 Å². The zero-order chi connectivity index (χ0) is 39.3. The molecule has 54 heavy (non-hydrogen) atoms. The Balaban J connectivity index is 1.13. The predicted octanol–water partition coefficient (Wildman–Crippen LogP) is 1.44. The minimum absolute atomic E-state index is 0.0760. The first-order valence-electron chi connectivity index (χ1n) is 16.6. The van der Waals surface area contributed by atoms with Crippen LogP contribution in [0.15, 0.2) is 39.1 Å². The first-order valence-corrected chi connectivity index (χ1v) is 18.9. The summed E-state index contributed by atoms with van der Waals surface area (Å²) in [5.74, 6) is -5.68. The standard InChI is InChI=1S/C33H36ClN7O11S2/c1-15-36-18(12-53-15)22(39-52-32(2,3)31(49)50)27(45)37-23-28(46)40-24(30(47)48)16(11-54-29(23)40)10-41-8-6-33(14-41,7-9-41)13-35-26(44)21(38-51)17-4-5-19(42)25(43)20(17)34/h4-5,12,23,29H,6-11,13-14H2,1-3H3,(H6-,35,37,38,39,42,43,44,45,47,48,49,50,51)/p+1/t23-,29-,33?,41?/m1/s1. The third-order valence-corrected chi connectivity index (χ3v) is 12.7. The number of thiazole rings is 1. The van der Waals surface area contributed by atoms with Crippen molar-refractivity contribution in [2.24, 2.45) is 15.7 Å². The van der Waals surface area contributed by atoms with E-state index in [0.717, 1.165) is 18.9 Å². The summed E-state index contributed by atoms with van der Waals surface area (Å²) in [5, 5.41) is 62.4. The number of carboxylic acids is 2. The summed E-state index contributed by atoms with van der Waals surface area (Å²) in [6.07, 6.45) is 1.44. The molecule has 1 aromatic carbocycles. The summed E-state index contributed by atoms with van der Waals surface area (Å²) in [5.41, 5.74) is -2.39. The SMILES string of the molecule is Cc1nc(/C(=N/OC(C)(C)C(=O)O)C(=O)N[C@@H]2C(=O)N3C(C(=O)O)=C(C[N+]45CCC(CNC(=O)/C(=N\O)c6ccc(O)c(O)c6Cl)(CC4)C5)CS[C@H]23)cs1. The highest BCUT2D eigenvalue weighted by molar-refractivity contribution is 8.00. The van der Waals surface area contributed by atoms with E-state index >= 15 is 0 Å². The molecule has 21 heteroatoms. The Morgan fingerprint density at radius 3 is 2.46 bits per heavy atom. The Morgan fingerprint density at radius 1 is 1.15 bits per heavy atom. The summed E-state index contributed by atoms with van der Waals surface area (Å²) in [6.45, 7) is 6.82. The summed E-state index contributed by atoms with van der Waals surface area (Å²) in [6, 6.07) is 1.26. The number of halogens is 1. The second kappa shape index (κ2) is 14.4. The number of nitrogens with zero attached hydrogens (tertiary/aromatic N) is 5. The van der Waals surface area contributed by atoms with Crippen molar-refractivity contribution in [1.29, 1.82) is 0 Å². The fourth-order valence-electron chi connectivity index (χ4n) is 7.27. The van der Waals surface area contributed by atoms with Gasteiger partial charge in [-0.2, -0.15) is 0 Å². The molecule has 5 heterocycles. The number of quaternary nitrogens is 1. The molecule has 3 saturated heterocycles. The third kappa shape index (κ3) is 7.05. The number of nitrogens with one attached hydrogen (secondary N) is 2. The smallest absolute Gasteiger partial charge is 0.352 e. The number of rotatable bonds is 13. The quantitative estimate of drug-likeness (QED) is 0.0378. The molecule has 18 nitrogen and oxygen atoms in total. The minimum Gasteiger partial charge on any atom is -0.504 e. The molecule has 0 unspecified atom stereocenters. The molecule has 0 radical (unpaired) electrons. The monoisotopic (exact) mass is 806 g/mol. The number of aliphatic carboxylic acids is 2. The number of piperidine rings is 1. The van der Waals surface area contributed by atoms with Crippen molar-refractivity contribution >= 4 is 75.8 Å². The summed E-state index contributed by atoms with van der Waals surface area (Å²) in [7, 11) is 0. The van der Waals surface area contributed by atoms with Crippen LogP contribution in [0.1, 0.15) is 43.0 Å². The van der Waals surface area contributed by atoms with Gasteiger partial charge in [-0.05, 0) is 32.9 Å². The average molecular weight is 807 g/mol. The maximum Gasteiger partial charge on any atom is 0.352 e. The maximum absolute atomic E-state index is 13.5. The number of hydrogen-bond acceptors (Lipinski definition) is 14. The number of benzene rings is 1. The number of carboxylic acid groups (broad SMARTS) is 2. The summed E-state index contributed by atoms with van der Waals surface area (Å²) < 4.78 is 0.549. The van der Waals surface area contributed by atoms with E-state index in [1.54, 1.807) is 12.3 Å². The van der Waals surface area contributed by atoms with E-state index in [1.165, 1.54) is 47.9 Å². The first kappa shape index (κ1) is 38.8. The molecular formula is C33H37ClN7O11S2+. The molecule has 0 spiro atoms. The highest BCUT2D eigenvalue weighted by Crippen LogP contribution is 2.48. The molecular weight excluding hydrogens is 770 g/mol. The number of oxime groups is 2. The van der Waals surface area contributed by atoms with Crippen molar-refractivity contribution in [3.05, 3.63) is 50.1 Å². The van der Waals surface area contributed by atoms with Gasteiger partial charge in [0.15, 0.2) is 22.9 Å². The Labute approximate surface area is 320 Å². The maximum atomic E-state index is 13.5. The molecule has 2 atom stereocenters. The van der Waals surface area contributed by atoms with E-state index in [2.05, 4.69) is 25.9 Å². The Morgan fingerprint density at radius 2 is 1.85 bits per heavy atom. The van der Waals surface area contributed by atoms with Crippen LogP contribution in [0.2, 0.25) is 5.02 Å². The van der Waals surface area contributed by atoms with Gasteiger partial charge in [-0.1, -0.05) is 21.9 Å². The molecule has 288 valence electrons. The molecule has 3 fully saturated rings. The fourth-order valence-corrected chi connectivity index (χ4v) is 9.45. The van der Waals surface area contributed by atoms with Gasteiger partial charge >= 0.3 is 11.9 Å². The van der Waals surface area contributed by atoms with Crippen molar-refractivity contribution in [3.63, 3.8) is 0 Å². The number of fused-ring (bicyclic) bond motifs is 3. The van der Waals surface area contributed by atoms with Crippen LogP contribution in [-0.4, -0.2) is 137 Å². The number of phenolic OH excluding ortho intramolecular Hbond substituents is 2. The van der Waals surface area contributed by atoms with Gasteiger partial charge in [0.2, 0.25) is 5.60 Å². The molecule has 6 rings (SSSR count). The van der Waals surface area contributed by atoms with Gasteiger partial charge in [0.1, 0.15) is 29.4 Å². The van der Waals surface area contributed by atoms with Crippen molar-refractivity contribution in [2.75, 3.05) is 38.5 Å². The fraction of sp³-hybridized carbons (Fsp3) is 0.455. The largest absolute Gasteiger partial charge is 0.504 e. The number of thioether (sulfide) groups is 1. The normalized spacial score (nSPS) is 25.3. The lowest BCUT2D eigenvalue weighted by molar-refractivity contribution is -0.904. The zero-order valence-corrected chi connectivity index (χ0v) is 31.5. The lowest BCUT2D eigenvalue weighted by Gasteiger charge is -2.50. The molecule has 4 aliphatic rings. The van der Waals surface area contributed by atoms with Gasteiger partial charge in [0.05, 0.1) is 29.7 Å². The van der Waals surface area contributed by atoms with E-state index in [0.29, 0.717) is 41.2 Å². The van der Waals surface area contributed by atoms with E-state index in [1.807, 2.05) is 0 Å². The van der Waals surface area contributed by atoms with Crippen molar-refractivity contribution in [2.45, 2.75) is 50.6 Å². The van der Waals surface area contributed by atoms with Gasteiger partial charge in [-0.15, -0.1) is 23.1 Å². The van der Waals surface area contributed by atoms with Crippen LogP contribution in [0.4, 0.5) is 0 Å². The second-order valence-corrected chi connectivity index (χ2v) is 16.8. The first-order chi connectivity index (χ1) is 25.4. The van der Waals surface area contributed by atoms with Crippen molar-refractivity contribution < 1.29 is 58.9 Å².